The normalized spacial score (nSPS) is 8.00. The number of nitrogens with zero attached hydrogens (tertiary/aromatic N) is 1. The van der Waals surface area contributed by atoms with Crippen LogP contribution in [0.3, 0.4) is 0 Å². The molecule has 0 aromatic rings. The molecular weight excluding hydrogens is 88.1 g/mol. The molecule has 2 heteroatoms. The van der Waals surface area contributed by atoms with E-state index in [-0.39, 0.29) is 0 Å². The molecule has 0 amide bonds. The highest BCUT2D eigenvalue weighted by atomic mass is 14.8. The SMILES string of the molecule is [C-]#[N+]CCCNC. The minimum Gasteiger partial charge on any atom is -0.319 e. The molecule has 2 nitrogen and oxygen atoms in total. The van der Waals surface area contributed by atoms with Crippen LogP contribution in [0.15, 0.2) is 0 Å². The summed E-state index contributed by atoms with van der Waals surface area (Å²) in [5.74, 6) is 0. The second kappa shape index (κ2) is 5.45. The van der Waals surface area contributed by atoms with Gasteiger partial charge in [0.1, 0.15) is 0 Å². The summed E-state index contributed by atoms with van der Waals surface area (Å²) in [7, 11) is 1.89. The van der Waals surface area contributed by atoms with Crippen LogP contribution >= 0.6 is 0 Å². The molecule has 0 aliphatic heterocycles. The van der Waals surface area contributed by atoms with E-state index in [2.05, 4.69) is 10.2 Å². The first-order chi connectivity index (χ1) is 3.41. The second-order valence-electron chi connectivity index (χ2n) is 1.34. The summed E-state index contributed by atoms with van der Waals surface area (Å²) in [6, 6.07) is 0. The molecule has 0 unspecified atom stereocenters. The number of rotatable bonds is 3. The Hall–Kier alpha value is -0.550. The third kappa shape index (κ3) is 5.45. The minimum atomic E-state index is 0.654. The summed E-state index contributed by atoms with van der Waals surface area (Å²) in [4.78, 5) is 3.18. The standard InChI is InChI=1S/C5H10N2/c1-6-4-3-5-7-2/h6H,3-5H2,1H3. The van der Waals surface area contributed by atoms with Crippen LogP contribution < -0.4 is 5.32 Å². The zero-order valence-corrected chi connectivity index (χ0v) is 4.57. The summed E-state index contributed by atoms with van der Waals surface area (Å²) in [5, 5.41) is 2.96. The Bertz CT molecular complexity index is 63.0. The maximum Gasteiger partial charge on any atom is 0.215 e. The average molecular weight is 98.1 g/mol. The fourth-order valence-corrected chi connectivity index (χ4v) is 0.335. The van der Waals surface area contributed by atoms with E-state index in [0.29, 0.717) is 6.54 Å². The molecule has 0 spiro atoms. The molecule has 0 heterocycles. The molecule has 0 radical (unpaired) electrons. The number of hydrogen-bond acceptors (Lipinski definition) is 1. The lowest BCUT2D eigenvalue weighted by Gasteiger charge is -1.86. The Morgan fingerprint density at radius 3 is 2.86 bits per heavy atom. The van der Waals surface area contributed by atoms with Crippen molar-refractivity contribution in [1.29, 1.82) is 0 Å². The van der Waals surface area contributed by atoms with E-state index in [0.717, 1.165) is 13.0 Å². The van der Waals surface area contributed by atoms with E-state index in [1.165, 1.54) is 0 Å². The molecule has 0 rings (SSSR count). The van der Waals surface area contributed by atoms with Crippen molar-refractivity contribution in [2.45, 2.75) is 6.42 Å². The monoisotopic (exact) mass is 98.1 g/mol. The quantitative estimate of drug-likeness (QED) is 0.402. The van der Waals surface area contributed by atoms with Crippen LogP contribution in [0.2, 0.25) is 0 Å². The number of nitrogens with one attached hydrogen (secondary N) is 1. The lowest BCUT2D eigenvalue weighted by Crippen LogP contribution is -2.07. The Kier molecular flexibility index (Phi) is 5.02. The Balaban J connectivity index is 2.60. The maximum absolute atomic E-state index is 6.38. The van der Waals surface area contributed by atoms with Crippen molar-refractivity contribution in [3.8, 4) is 0 Å². The maximum atomic E-state index is 6.38. The fourth-order valence-electron chi connectivity index (χ4n) is 0.335. The number of hydrogen-bond donors (Lipinski definition) is 1. The van der Waals surface area contributed by atoms with Gasteiger partial charge in [-0.25, -0.2) is 6.57 Å². The van der Waals surface area contributed by atoms with Crippen molar-refractivity contribution in [1.82, 2.24) is 5.32 Å². The summed E-state index contributed by atoms with van der Waals surface area (Å²) < 4.78 is 0. The highest BCUT2D eigenvalue weighted by Gasteiger charge is 1.81. The molecule has 0 saturated carbocycles. The first-order valence-corrected chi connectivity index (χ1v) is 2.39. The first-order valence-electron chi connectivity index (χ1n) is 2.39. The molecule has 0 aromatic carbocycles. The van der Waals surface area contributed by atoms with Crippen molar-refractivity contribution < 1.29 is 0 Å². The molecule has 0 aliphatic carbocycles. The average Bonchev–Trinajstić information content (AvgIpc) is 1.69. The Labute approximate surface area is 44.4 Å². The zero-order chi connectivity index (χ0) is 5.54. The van der Waals surface area contributed by atoms with Crippen molar-refractivity contribution in [3.63, 3.8) is 0 Å². The van der Waals surface area contributed by atoms with Crippen molar-refractivity contribution in [2.75, 3.05) is 20.1 Å². The van der Waals surface area contributed by atoms with Gasteiger partial charge in [-0.3, -0.25) is 0 Å². The Morgan fingerprint density at radius 1 is 1.71 bits per heavy atom. The molecule has 0 bridgehead atoms. The zero-order valence-electron chi connectivity index (χ0n) is 4.57. The summed E-state index contributed by atoms with van der Waals surface area (Å²) in [6.45, 7) is 7.99. The fraction of sp³-hybridized carbons (Fsp3) is 0.800. The van der Waals surface area contributed by atoms with Gasteiger partial charge in [0, 0.05) is 13.0 Å². The molecule has 7 heavy (non-hydrogen) atoms. The van der Waals surface area contributed by atoms with Crippen LogP contribution in [0.1, 0.15) is 6.42 Å². The van der Waals surface area contributed by atoms with E-state index >= 15 is 0 Å². The topological polar surface area (TPSA) is 16.4 Å². The lowest BCUT2D eigenvalue weighted by molar-refractivity contribution is 0.760. The van der Waals surface area contributed by atoms with Gasteiger partial charge in [0.15, 0.2) is 0 Å². The molecule has 0 saturated heterocycles. The summed E-state index contributed by atoms with van der Waals surface area (Å²) in [5.41, 5.74) is 0. The smallest absolute Gasteiger partial charge is 0.215 e. The highest BCUT2D eigenvalue weighted by molar-refractivity contribution is 4.57. The van der Waals surface area contributed by atoms with E-state index in [9.17, 15) is 0 Å². The van der Waals surface area contributed by atoms with Crippen LogP contribution in [-0.2, 0) is 0 Å². The molecule has 0 atom stereocenters. The molecule has 0 fully saturated rings. The molecule has 0 aromatic heterocycles. The van der Waals surface area contributed by atoms with Gasteiger partial charge in [-0.15, -0.1) is 0 Å². The van der Waals surface area contributed by atoms with Gasteiger partial charge in [0.25, 0.3) is 0 Å². The molecular formula is C5H10N2. The van der Waals surface area contributed by atoms with Crippen molar-refractivity contribution in [2.24, 2.45) is 0 Å². The lowest BCUT2D eigenvalue weighted by atomic mass is 10.4. The van der Waals surface area contributed by atoms with Crippen LogP contribution in [0, 0.1) is 6.57 Å². The van der Waals surface area contributed by atoms with E-state index < -0.39 is 0 Å². The van der Waals surface area contributed by atoms with Gasteiger partial charge in [-0.05, 0) is 7.05 Å². The Morgan fingerprint density at radius 2 is 2.43 bits per heavy atom. The van der Waals surface area contributed by atoms with Gasteiger partial charge < -0.3 is 10.2 Å². The molecule has 40 valence electrons. The van der Waals surface area contributed by atoms with Crippen molar-refractivity contribution >= 4 is 0 Å². The van der Waals surface area contributed by atoms with E-state index in [1.807, 2.05) is 7.05 Å². The molecule has 1 N–H and O–H groups in total. The third-order valence-corrected chi connectivity index (χ3v) is 0.697. The summed E-state index contributed by atoms with van der Waals surface area (Å²) >= 11 is 0. The predicted molar refractivity (Wildman–Crippen MR) is 30.0 cm³/mol. The van der Waals surface area contributed by atoms with Gasteiger partial charge in [-0.1, -0.05) is 0 Å². The van der Waals surface area contributed by atoms with E-state index in [1.54, 1.807) is 0 Å². The van der Waals surface area contributed by atoms with Gasteiger partial charge in [-0.2, -0.15) is 0 Å². The second-order valence-corrected chi connectivity index (χ2v) is 1.34. The van der Waals surface area contributed by atoms with Gasteiger partial charge in [0.2, 0.25) is 6.54 Å². The first kappa shape index (κ1) is 6.45. The van der Waals surface area contributed by atoms with Crippen LogP contribution in [-0.4, -0.2) is 20.1 Å². The van der Waals surface area contributed by atoms with E-state index in [4.69, 9.17) is 6.57 Å². The minimum absolute atomic E-state index is 0.654. The van der Waals surface area contributed by atoms with Crippen LogP contribution in [0.25, 0.3) is 4.85 Å². The largest absolute Gasteiger partial charge is 0.319 e. The third-order valence-electron chi connectivity index (χ3n) is 0.697. The van der Waals surface area contributed by atoms with Gasteiger partial charge >= 0.3 is 0 Å². The van der Waals surface area contributed by atoms with Crippen LogP contribution in [0.4, 0.5) is 0 Å². The highest BCUT2D eigenvalue weighted by Crippen LogP contribution is 1.74. The van der Waals surface area contributed by atoms with Crippen molar-refractivity contribution in [3.05, 3.63) is 11.4 Å². The van der Waals surface area contributed by atoms with Crippen LogP contribution in [0.5, 0.6) is 0 Å². The predicted octanol–water partition coefficient (Wildman–Crippen LogP) is 0.515. The molecule has 0 aliphatic rings. The van der Waals surface area contributed by atoms with Gasteiger partial charge in [0.05, 0.1) is 0 Å². The summed E-state index contributed by atoms with van der Waals surface area (Å²) in [6.07, 6.45) is 0.972.